The van der Waals surface area contributed by atoms with Crippen LogP contribution in [0, 0.1) is 0 Å². The van der Waals surface area contributed by atoms with Gasteiger partial charge in [-0.2, -0.15) is 0 Å². The van der Waals surface area contributed by atoms with E-state index in [1.54, 1.807) is 0 Å². The van der Waals surface area contributed by atoms with Crippen LogP contribution >= 0.6 is 0 Å². The fourth-order valence-corrected chi connectivity index (χ4v) is 2.10. The fourth-order valence-electron chi connectivity index (χ4n) is 2.10. The molecule has 0 bridgehead atoms. The Hall–Kier alpha value is -0.160. The van der Waals surface area contributed by atoms with Gasteiger partial charge in [-0.1, -0.05) is 6.92 Å². The van der Waals surface area contributed by atoms with E-state index in [1.807, 2.05) is 20.8 Å². The van der Waals surface area contributed by atoms with Crippen LogP contribution in [0.2, 0.25) is 0 Å². The number of aliphatic hydroxyl groups is 2. The standard InChI is InChI=1S/C12H26N2O2/c1-4-11(15)9-13-5-7-14(8-6-13)10-12(2,3)16/h11,15-16H,4-10H2,1-3H3. The molecule has 1 aliphatic heterocycles. The highest BCUT2D eigenvalue weighted by atomic mass is 16.3. The summed E-state index contributed by atoms with van der Waals surface area (Å²) in [6, 6.07) is 0. The van der Waals surface area contributed by atoms with Gasteiger partial charge >= 0.3 is 0 Å². The molecule has 1 heterocycles. The van der Waals surface area contributed by atoms with Crippen molar-refractivity contribution in [3.8, 4) is 0 Å². The van der Waals surface area contributed by atoms with E-state index < -0.39 is 5.60 Å². The fraction of sp³-hybridized carbons (Fsp3) is 1.00. The summed E-state index contributed by atoms with van der Waals surface area (Å²) < 4.78 is 0. The highest BCUT2D eigenvalue weighted by molar-refractivity contribution is 4.78. The lowest BCUT2D eigenvalue weighted by atomic mass is 10.1. The molecule has 0 aromatic carbocycles. The molecular formula is C12H26N2O2. The number of piperazine rings is 1. The zero-order valence-electron chi connectivity index (χ0n) is 10.8. The lowest BCUT2D eigenvalue weighted by Gasteiger charge is -2.37. The van der Waals surface area contributed by atoms with Gasteiger partial charge in [0.25, 0.3) is 0 Å². The highest BCUT2D eigenvalue weighted by Gasteiger charge is 2.23. The van der Waals surface area contributed by atoms with E-state index in [0.717, 1.165) is 45.7 Å². The number of β-amino-alcohol motifs (C(OH)–C–C–N with tert-alkyl or cyclic N) is 2. The monoisotopic (exact) mass is 230 g/mol. The Morgan fingerprint density at radius 1 is 1.12 bits per heavy atom. The van der Waals surface area contributed by atoms with Crippen molar-refractivity contribution < 1.29 is 10.2 Å². The Bertz CT molecular complexity index is 196. The molecule has 0 saturated carbocycles. The normalized spacial score (nSPS) is 22.3. The van der Waals surface area contributed by atoms with E-state index in [-0.39, 0.29) is 6.10 Å². The average molecular weight is 230 g/mol. The lowest BCUT2D eigenvalue weighted by Crippen LogP contribution is -2.51. The van der Waals surface area contributed by atoms with Crippen molar-refractivity contribution in [2.24, 2.45) is 0 Å². The molecule has 0 aromatic rings. The van der Waals surface area contributed by atoms with Gasteiger partial charge in [-0.3, -0.25) is 9.80 Å². The molecular weight excluding hydrogens is 204 g/mol. The molecule has 1 atom stereocenters. The van der Waals surface area contributed by atoms with Crippen LogP contribution in [-0.2, 0) is 0 Å². The van der Waals surface area contributed by atoms with Crippen LogP contribution in [0.15, 0.2) is 0 Å². The Kier molecular flexibility index (Phi) is 5.18. The van der Waals surface area contributed by atoms with Crippen molar-refractivity contribution >= 4 is 0 Å². The van der Waals surface area contributed by atoms with Gasteiger partial charge in [0.05, 0.1) is 11.7 Å². The Labute approximate surface area is 98.9 Å². The van der Waals surface area contributed by atoms with E-state index in [9.17, 15) is 10.2 Å². The second-order valence-electron chi connectivity index (χ2n) is 5.45. The summed E-state index contributed by atoms with van der Waals surface area (Å²) in [5, 5.41) is 19.3. The minimum atomic E-state index is -0.606. The van der Waals surface area contributed by atoms with Crippen molar-refractivity contribution in [1.82, 2.24) is 9.80 Å². The van der Waals surface area contributed by atoms with E-state index in [0.29, 0.717) is 0 Å². The first-order chi connectivity index (χ1) is 7.40. The molecule has 0 aliphatic carbocycles. The summed E-state index contributed by atoms with van der Waals surface area (Å²) >= 11 is 0. The van der Waals surface area contributed by atoms with Crippen LogP contribution in [0.3, 0.4) is 0 Å². The van der Waals surface area contributed by atoms with Gasteiger partial charge in [0, 0.05) is 39.3 Å². The maximum Gasteiger partial charge on any atom is 0.0718 e. The molecule has 0 radical (unpaired) electrons. The molecule has 2 N–H and O–H groups in total. The molecule has 1 saturated heterocycles. The predicted octanol–water partition coefficient (Wildman–Crippen LogP) is 0.146. The molecule has 1 aliphatic rings. The maximum atomic E-state index is 9.72. The first-order valence-corrected chi connectivity index (χ1v) is 6.26. The third-order valence-electron chi connectivity index (χ3n) is 3.02. The minimum Gasteiger partial charge on any atom is -0.392 e. The Morgan fingerprint density at radius 3 is 2.06 bits per heavy atom. The van der Waals surface area contributed by atoms with Crippen molar-refractivity contribution in [1.29, 1.82) is 0 Å². The van der Waals surface area contributed by atoms with Gasteiger partial charge < -0.3 is 10.2 Å². The van der Waals surface area contributed by atoms with E-state index in [4.69, 9.17) is 0 Å². The summed E-state index contributed by atoms with van der Waals surface area (Å²) in [6.45, 7) is 11.2. The average Bonchev–Trinajstić information content (AvgIpc) is 2.18. The number of hydrogen-bond donors (Lipinski definition) is 2. The minimum absolute atomic E-state index is 0.194. The summed E-state index contributed by atoms with van der Waals surface area (Å²) in [6.07, 6.45) is 0.630. The predicted molar refractivity (Wildman–Crippen MR) is 65.5 cm³/mol. The Morgan fingerprint density at radius 2 is 1.62 bits per heavy atom. The number of rotatable bonds is 5. The molecule has 1 unspecified atom stereocenters. The second-order valence-corrected chi connectivity index (χ2v) is 5.45. The van der Waals surface area contributed by atoms with Gasteiger partial charge in [0.1, 0.15) is 0 Å². The van der Waals surface area contributed by atoms with Crippen LogP contribution in [0.1, 0.15) is 27.2 Å². The largest absolute Gasteiger partial charge is 0.392 e. The Balaban J connectivity index is 2.23. The smallest absolute Gasteiger partial charge is 0.0718 e. The van der Waals surface area contributed by atoms with E-state index in [1.165, 1.54) is 0 Å². The summed E-state index contributed by atoms with van der Waals surface area (Å²) in [5.41, 5.74) is -0.606. The number of aliphatic hydroxyl groups excluding tert-OH is 1. The first kappa shape index (κ1) is 13.9. The van der Waals surface area contributed by atoms with Gasteiger partial charge in [0.15, 0.2) is 0 Å². The van der Waals surface area contributed by atoms with Crippen molar-refractivity contribution in [3.05, 3.63) is 0 Å². The number of nitrogens with zero attached hydrogens (tertiary/aromatic N) is 2. The SMILES string of the molecule is CCC(O)CN1CCN(CC(C)(C)O)CC1. The van der Waals surface area contributed by atoms with Crippen LogP contribution in [0.5, 0.6) is 0 Å². The maximum absolute atomic E-state index is 9.72. The summed E-state index contributed by atoms with van der Waals surface area (Å²) in [5.74, 6) is 0. The van der Waals surface area contributed by atoms with Gasteiger partial charge in [-0.25, -0.2) is 0 Å². The van der Waals surface area contributed by atoms with Gasteiger partial charge in [0.2, 0.25) is 0 Å². The summed E-state index contributed by atoms with van der Waals surface area (Å²) in [7, 11) is 0. The topological polar surface area (TPSA) is 46.9 Å². The van der Waals surface area contributed by atoms with E-state index >= 15 is 0 Å². The molecule has 1 rings (SSSR count). The quantitative estimate of drug-likeness (QED) is 0.705. The molecule has 1 fully saturated rings. The molecule has 0 amide bonds. The van der Waals surface area contributed by atoms with Crippen LogP contribution in [0.25, 0.3) is 0 Å². The number of hydrogen-bond acceptors (Lipinski definition) is 4. The zero-order chi connectivity index (χ0) is 12.2. The van der Waals surface area contributed by atoms with E-state index in [2.05, 4.69) is 9.80 Å². The zero-order valence-corrected chi connectivity index (χ0v) is 10.8. The molecule has 0 aromatic heterocycles. The van der Waals surface area contributed by atoms with Crippen LogP contribution in [-0.4, -0.2) is 71.0 Å². The molecule has 4 nitrogen and oxygen atoms in total. The second kappa shape index (κ2) is 5.96. The van der Waals surface area contributed by atoms with Crippen molar-refractivity contribution in [2.45, 2.75) is 38.9 Å². The van der Waals surface area contributed by atoms with Crippen molar-refractivity contribution in [3.63, 3.8) is 0 Å². The van der Waals surface area contributed by atoms with Gasteiger partial charge in [-0.05, 0) is 20.3 Å². The third-order valence-corrected chi connectivity index (χ3v) is 3.02. The first-order valence-electron chi connectivity index (χ1n) is 6.26. The highest BCUT2D eigenvalue weighted by Crippen LogP contribution is 2.09. The molecule has 96 valence electrons. The molecule has 16 heavy (non-hydrogen) atoms. The molecule has 4 heteroatoms. The lowest BCUT2D eigenvalue weighted by molar-refractivity contribution is 0.00988. The molecule has 0 spiro atoms. The van der Waals surface area contributed by atoms with Crippen molar-refractivity contribution in [2.75, 3.05) is 39.3 Å². The van der Waals surface area contributed by atoms with Crippen LogP contribution in [0.4, 0.5) is 0 Å². The summed E-state index contributed by atoms with van der Waals surface area (Å²) in [4.78, 5) is 4.59. The van der Waals surface area contributed by atoms with Crippen LogP contribution < -0.4 is 0 Å². The van der Waals surface area contributed by atoms with Gasteiger partial charge in [-0.15, -0.1) is 0 Å². The third kappa shape index (κ3) is 5.25.